The molecular weight excluding hydrogens is 388 g/mol. The molecule has 0 saturated heterocycles. The van der Waals surface area contributed by atoms with Gasteiger partial charge in [-0.3, -0.25) is 4.79 Å². The molecule has 1 aromatic carbocycles. The smallest absolute Gasteiger partial charge is 0.234 e. The molecule has 4 rings (SSSR count). The maximum absolute atomic E-state index is 12.3. The van der Waals surface area contributed by atoms with Crippen LogP contribution in [0.3, 0.4) is 0 Å². The summed E-state index contributed by atoms with van der Waals surface area (Å²) in [4.78, 5) is 23.5. The standard InChI is InChI=1S/C18H13ClN4OS2/c19-11-5-4-10(7-20)13(6-11)23-15(24)8-25-17-16-12-2-1-3-14(12)26-18(16)22-9-21-17/h4-6,9H,1-3,8H2,(H,23,24). The van der Waals surface area contributed by atoms with Crippen LogP contribution in [0.25, 0.3) is 10.2 Å². The molecule has 26 heavy (non-hydrogen) atoms. The Morgan fingerprint density at radius 3 is 3.12 bits per heavy atom. The number of thiophene rings is 1. The zero-order valence-electron chi connectivity index (χ0n) is 13.6. The summed E-state index contributed by atoms with van der Waals surface area (Å²) >= 11 is 9.08. The highest BCUT2D eigenvalue weighted by atomic mass is 35.5. The molecule has 0 unspecified atom stereocenters. The fraction of sp³-hybridized carbons (Fsp3) is 0.222. The van der Waals surface area contributed by atoms with Crippen LogP contribution in [0.5, 0.6) is 0 Å². The lowest BCUT2D eigenvalue weighted by Crippen LogP contribution is -2.15. The fourth-order valence-corrected chi connectivity index (χ4v) is 5.34. The van der Waals surface area contributed by atoms with Gasteiger partial charge < -0.3 is 5.32 Å². The highest BCUT2D eigenvalue weighted by Gasteiger charge is 2.21. The highest BCUT2D eigenvalue weighted by Crippen LogP contribution is 2.40. The number of nitrogens with zero attached hydrogens (tertiary/aromatic N) is 3. The van der Waals surface area contributed by atoms with Gasteiger partial charge in [0.15, 0.2) is 0 Å². The average Bonchev–Trinajstić information content (AvgIpc) is 3.21. The molecule has 1 aliphatic carbocycles. The molecule has 1 aliphatic rings. The third kappa shape index (κ3) is 3.28. The second-order valence-electron chi connectivity index (χ2n) is 5.85. The number of hydrogen-bond acceptors (Lipinski definition) is 6. The van der Waals surface area contributed by atoms with Crippen molar-refractivity contribution >= 4 is 56.5 Å². The number of fused-ring (bicyclic) bond motifs is 3. The minimum absolute atomic E-state index is 0.201. The molecule has 0 bridgehead atoms. The maximum atomic E-state index is 12.3. The van der Waals surface area contributed by atoms with Gasteiger partial charge in [-0.2, -0.15) is 5.26 Å². The van der Waals surface area contributed by atoms with E-state index in [1.807, 2.05) is 0 Å². The average molecular weight is 401 g/mol. The second-order valence-corrected chi connectivity index (χ2v) is 8.34. The summed E-state index contributed by atoms with van der Waals surface area (Å²) in [5.74, 6) is 0.00102. The Hall–Kier alpha value is -2.14. The van der Waals surface area contributed by atoms with Crippen LogP contribution in [-0.4, -0.2) is 21.6 Å². The van der Waals surface area contributed by atoms with Crippen molar-refractivity contribution < 1.29 is 4.79 Å². The summed E-state index contributed by atoms with van der Waals surface area (Å²) in [5.41, 5.74) is 2.15. The van der Waals surface area contributed by atoms with Gasteiger partial charge in [0.25, 0.3) is 0 Å². The fourth-order valence-electron chi connectivity index (χ4n) is 3.05. The zero-order valence-corrected chi connectivity index (χ0v) is 16.0. The minimum Gasteiger partial charge on any atom is -0.324 e. The third-order valence-electron chi connectivity index (χ3n) is 4.18. The summed E-state index contributed by atoms with van der Waals surface area (Å²) in [6, 6.07) is 6.85. The number of nitriles is 1. The van der Waals surface area contributed by atoms with E-state index in [0.717, 1.165) is 28.1 Å². The molecule has 0 radical (unpaired) electrons. The normalized spacial score (nSPS) is 12.8. The number of aromatic nitrogens is 2. The van der Waals surface area contributed by atoms with Gasteiger partial charge in [-0.15, -0.1) is 11.3 Å². The number of carbonyl (C=O) groups excluding carboxylic acids is 1. The Morgan fingerprint density at radius 1 is 1.38 bits per heavy atom. The Labute approximate surface area is 163 Å². The Bertz CT molecular complexity index is 1060. The number of amides is 1. The molecule has 0 aliphatic heterocycles. The molecule has 2 aromatic heterocycles. The van der Waals surface area contributed by atoms with Gasteiger partial charge in [0.05, 0.1) is 17.0 Å². The third-order valence-corrected chi connectivity index (χ3v) is 6.61. The predicted molar refractivity (Wildman–Crippen MR) is 105 cm³/mol. The predicted octanol–water partition coefficient (Wildman–Crippen LogP) is 4.44. The zero-order chi connectivity index (χ0) is 18.1. The van der Waals surface area contributed by atoms with E-state index in [2.05, 4.69) is 21.4 Å². The van der Waals surface area contributed by atoms with Crippen LogP contribution in [-0.2, 0) is 17.6 Å². The van der Waals surface area contributed by atoms with E-state index in [-0.39, 0.29) is 11.7 Å². The summed E-state index contributed by atoms with van der Waals surface area (Å²) < 4.78 is 0. The molecule has 130 valence electrons. The Kier molecular flexibility index (Phi) is 4.81. The Balaban J connectivity index is 1.52. The van der Waals surface area contributed by atoms with Crippen molar-refractivity contribution in [3.05, 3.63) is 45.6 Å². The largest absolute Gasteiger partial charge is 0.324 e. The van der Waals surface area contributed by atoms with Crippen molar-refractivity contribution in [3.8, 4) is 6.07 Å². The lowest BCUT2D eigenvalue weighted by Gasteiger charge is -2.08. The van der Waals surface area contributed by atoms with Crippen molar-refractivity contribution in [3.63, 3.8) is 0 Å². The quantitative estimate of drug-likeness (QED) is 0.517. The van der Waals surface area contributed by atoms with Gasteiger partial charge >= 0.3 is 0 Å². The number of anilines is 1. The Morgan fingerprint density at radius 2 is 2.27 bits per heavy atom. The van der Waals surface area contributed by atoms with Crippen LogP contribution in [0.4, 0.5) is 5.69 Å². The van der Waals surface area contributed by atoms with E-state index in [9.17, 15) is 4.79 Å². The van der Waals surface area contributed by atoms with Gasteiger partial charge in [0.2, 0.25) is 5.91 Å². The first-order valence-electron chi connectivity index (χ1n) is 8.03. The molecular formula is C18H13ClN4OS2. The van der Waals surface area contributed by atoms with Crippen molar-refractivity contribution in [1.82, 2.24) is 9.97 Å². The molecule has 8 heteroatoms. The van der Waals surface area contributed by atoms with E-state index >= 15 is 0 Å². The van der Waals surface area contributed by atoms with Crippen LogP contribution < -0.4 is 5.32 Å². The molecule has 1 amide bonds. The number of benzene rings is 1. The summed E-state index contributed by atoms with van der Waals surface area (Å²) in [6.45, 7) is 0. The number of halogens is 1. The van der Waals surface area contributed by atoms with Crippen LogP contribution in [0.1, 0.15) is 22.4 Å². The van der Waals surface area contributed by atoms with Crippen molar-refractivity contribution in [2.75, 3.05) is 11.1 Å². The van der Waals surface area contributed by atoms with Gasteiger partial charge in [-0.05, 0) is 43.0 Å². The maximum Gasteiger partial charge on any atom is 0.234 e. The monoisotopic (exact) mass is 400 g/mol. The van der Waals surface area contributed by atoms with Crippen LogP contribution >= 0.6 is 34.7 Å². The first kappa shape index (κ1) is 17.3. The van der Waals surface area contributed by atoms with Crippen molar-refractivity contribution in [1.29, 1.82) is 5.26 Å². The number of aryl methyl sites for hydroxylation is 2. The number of rotatable bonds is 4. The SMILES string of the molecule is N#Cc1ccc(Cl)cc1NC(=O)CSc1ncnc2sc3c(c12)CCC3. The first-order valence-corrected chi connectivity index (χ1v) is 10.2. The molecule has 0 atom stereocenters. The molecule has 0 fully saturated rings. The van der Waals surface area contributed by atoms with E-state index in [1.54, 1.807) is 35.9 Å². The lowest BCUT2D eigenvalue weighted by molar-refractivity contribution is -0.113. The summed E-state index contributed by atoms with van der Waals surface area (Å²) in [7, 11) is 0. The van der Waals surface area contributed by atoms with E-state index in [4.69, 9.17) is 16.9 Å². The van der Waals surface area contributed by atoms with Crippen LogP contribution in [0, 0.1) is 11.3 Å². The van der Waals surface area contributed by atoms with E-state index in [0.29, 0.717) is 16.3 Å². The van der Waals surface area contributed by atoms with Crippen LogP contribution in [0.2, 0.25) is 5.02 Å². The van der Waals surface area contributed by atoms with Gasteiger partial charge in [0.1, 0.15) is 22.3 Å². The number of nitrogens with one attached hydrogen (secondary N) is 1. The van der Waals surface area contributed by atoms with Gasteiger partial charge in [-0.1, -0.05) is 23.4 Å². The summed E-state index contributed by atoms with van der Waals surface area (Å²) in [5, 5.41) is 14.3. The summed E-state index contributed by atoms with van der Waals surface area (Å²) in [6.07, 6.45) is 4.88. The lowest BCUT2D eigenvalue weighted by atomic mass is 10.2. The number of hydrogen-bond donors (Lipinski definition) is 1. The second kappa shape index (κ2) is 7.23. The van der Waals surface area contributed by atoms with Gasteiger partial charge in [0, 0.05) is 15.3 Å². The number of thioether (sulfide) groups is 1. The van der Waals surface area contributed by atoms with E-state index < -0.39 is 0 Å². The molecule has 1 N–H and O–H groups in total. The van der Waals surface area contributed by atoms with Crippen molar-refractivity contribution in [2.45, 2.75) is 24.3 Å². The first-order chi connectivity index (χ1) is 12.7. The van der Waals surface area contributed by atoms with E-state index in [1.165, 1.54) is 28.6 Å². The molecule has 0 saturated carbocycles. The molecule has 0 spiro atoms. The molecule has 2 heterocycles. The van der Waals surface area contributed by atoms with Gasteiger partial charge in [-0.25, -0.2) is 9.97 Å². The number of carbonyl (C=O) groups is 1. The minimum atomic E-state index is -0.201. The topological polar surface area (TPSA) is 78.7 Å². The molecule has 5 nitrogen and oxygen atoms in total. The van der Waals surface area contributed by atoms with Crippen molar-refractivity contribution in [2.24, 2.45) is 0 Å². The highest BCUT2D eigenvalue weighted by molar-refractivity contribution is 8.00. The molecule has 3 aromatic rings. The van der Waals surface area contributed by atoms with Crippen LogP contribution in [0.15, 0.2) is 29.6 Å².